The van der Waals surface area contributed by atoms with Crippen LogP contribution < -0.4 is 10.1 Å². The first kappa shape index (κ1) is 12.5. The molecule has 1 N–H and O–H groups in total. The van der Waals surface area contributed by atoms with Crippen LogP contribution in [-0.2, 0) is 11.3 Å². The van der Waals surface area contributed by atoms with Crippen molar-refractivity contribution in [1.29, 1.82) is 0 Å². The lowest BCUT2D eigenvalue weighted by Crippen LogP contribution is -2.18. The van der Waals surface area contributed by atoms with Gasteiger partial charge in [0.2, 0.25) is 5.91 Å². The topological polar surface area (TPSA) is 51.5 Å². The van der Waals surface area contributed by atoms with Crippen molar-refractivity contribution in [1.82, 2.24) is 5.32 Å². The average Bonchev–Trinajstić information content (AvgIpc) is 2.88. The number of hydrogen-bond donors (Lipinski definition) is 1. The maximum absolute atomic E-state index is 11.0. The van der Waals surface area contributed by atoms with E-state index in [1.54, 1.807) is 7.11 Å². The third-order valence-corrected chi connectivity index (χ3v) is 3.29. The number of carbonyl (C=O) groups is 1. The van der Waals surface area contributed by atoms with E-state index in [0.29, 0.717) is 6.54 Å². The molecule has 0 atom stereocenters. The van der Waals surface area contributed by atoms with E-state index in [1.807, 2.05) is 36.4 Å². The zero-order valence-corrected chi connectivity index (χ0v) is 11.4. The average molecular weight is 269 g/mol. The van der Waals surface area contributed by atoms with Crippen molar-refractivity contribution < 1.29 is 13.9 Å². The minimum absolute atomic E-state index is 0.0722. The fraction of sp³-hybridized carbons (Fsp3) is 0.188. The van der Waals surface area contributed by atoms with Crippen LogP contribution in [-0.4, -0.2) is 13.0 Å². The van der Waals surface area contributed by atoms with E-state index in [0.717, 1.165) is 33.3 Å². The lowest BCUT2D eigenvalue weighted by molar-refractivity contribution is -0.119. The Kier molecular flexibility index (Phi) is 3.06. The SMILES string of the molecule is COc1ccc2ccc3oc(CNC(C)=O)cc3c2c1. The summed E-state index contributed by atoms with van der Waals surface area (Å²) in [5, 5.41) is 5.98. The fourth-order valence-corrected chi connectivity index (χ4v) is 2.30. The van der Waals surface area contributed by atoms with Gasteiger partial charge in [-0.15, -0.1) is 0 Å². The van der Waals surface area contributed by atoms with Gasteiger partial charge in [0.1, 0.15) is 17.1 Å². The van der Waals surface area contributed by atoms with Gasteiger partial charge in [0, 0.05) is 12.3 Å². The molecule has 0 aliphatic carbocycles. The Labute approximate surface area is 116 Å². The molecule has 0 aliphatic rings. The molecular weight excluding hydrogens is 254 g/mol. The monoisotopic (exact) mass is 269 g/mol. The highest BCUT2D eigenvalue weighted by molar-refractivity contribution is 6.06. The molecule has 0 radical (unpaired) electrons. The van der Waals surface area contributed by atoms with Crippen molar-refractivity contribution in [2.45, 2.75) is 13.5 Å². The number of hydrogen-bond acceptors (Lipinski definition) is 3. The standard InChI is InChI=1S/C16H15NO3/c1-10(18)17-9-13-8-15-14-7-12(19-2)5-3-11(14)4-6-16(15)20-13/h3-8H,9H2,1-2H3,(H,17,18). The minimum atomic E-state index is -0.0722. The molecule has 0 saturated heterocycles. The minimum Gasteiger partial charge on any atom is -0.497 e. The first-order valence-corrected chi connectivity index (χ1v) is 6.41. The second kappa shape index (κ2) is 4.89. The first-order chi connectivity index (χ1) is 9.67. The van der Waals surface area contributed by atoms with Gasteiger partial charge in [-0.25, -0.2) is 0 Å². The number of fused-ring (bicyclic) bond motifs is 3. The number of ether oxygens (including phenoxy) is 1. The van der Waals surface area contributed by atoms with E-state index >= 15 is 0 Å². The number of rotatable bonds is 3. The second-order valence-electron chi connectivity index (χ2n) is 4.69. The van der Waals surface area contributed by atoms with Gasteiger partial charge >= 0.3 is 0 Å². The quantitative estimate of drug-likeness (QED) is 0.794. The number of nitrogens with one attached hydrogen (secondary N) is 1. The first-order valence-electron chi connectivity index (χ1n) is 6.41. The highest BCUT2D eigenvalue weighted by atomic mass is 16.5. The highest BCUT2D eigenvalue weighted by Crippen LogP contribution is 2.30. The Morgan fingerprint density at radius 3 is 2.75 bits per heavy atom. The summed E-state index contributed by atoms with van der Waals surface area (Å²) in [5.41, 5.74) is 0.811. The van der Waals surface area contributed by atoms with Gasteiger partial charge < -0.3 is 14.5 Å². The van der Waals surface area contributed by atoms with E-state index in [4.69, 9.17) is 9.15 Å². The third-order valence-electron chi connectivity index (χ3n) is 3.29. The highest BCUT2D eigenvalue weighted by Gasteiger charge is 2.08. The summed E-state index contributed by atoms with van der Waals surface area (Å²) in [7, 11) is 1.65. The van der Waals surface area contributed by atoms with E-state index in [9.17, 15) is 4.79 Å². The summed E-state index contributed by atoms with van der Waals surface area (Å²) in [4.78, 5) is 11.0. The maximum Gasteiger partial charge on any atom is 0.217 e. The Morgan fingerprint density at radius 1 is 1.20 bits per heavy atom. The van der Waals surface area contributed by atoms with Gasteiger partial charge in [-0.3, -0.25) is 4.79 Å². The van der Waals surface area contributed by atoms with Crippen LogP contribution in [0.2, 0.25) is 0 Å². The van der Waals surface area contributed by atoms with E-state index in [2.05, 4.69) is 5.32 Å². The number of benzene rings is 2. The molecule has 20 heavy (non-hydrogen) atoms. The molecule has 0 saturated carbocycles. The molecule has 0 spiro atoms. The van der Waals surface area contributed by atoms with E-state index in [1.165, 1.54) is 6.92 Å². The van der Waals surface area contributed by atoms with Crippen LogP contribution in [0.25, 0.3) is 21.7 Å². The van der Waals surface area contributed by atoms with Crippen LogP contribution in [0.3, 0.4) is 0 Å². The molecule has 1 amide bonds. The Bertz CT molecular complexity index is 789. The molecule has 0 bridgehead atoms. The van der Waals surface area contributed by atoms with Gasteiger partial charge in [0.15, 0.2) is 0 Å². The molecule has 2 aromatic carbocycles. The summed E-state index contributed by atoms with van der Waals surface area (Å²) in [6, 6.07) is 11.9. The summed E-state index contributed by atoms with van der Waals surface area (Å²) in [6.45, 7) is 1.89. The molecule has 0 fully saturated rings. The third kappa shape index (κ3) is 2.20. The largest absolute Gasteiger partial charge is 0.497 e. The van der Waals surface area contributed by atoms with Crippen LogP contribution in [0.15, 0.2) is 40.8 Å². The molecule has 3 aromatic rings. The summed E-state index contributed by atoms with van der Waals surface area (Å²) in [5.74, 6) is 1.48. The summed E-state index contributed by atoms with van der Waals surface area (Å²) >= 11 is 0. The van der Waals surface area contributed by atoms with Gasteiger partial charge in [-0.05, 0) is 35.0 Å². The van der Waals surface area contributed by atoms with E-state index in [-0.39, 0.29) is 5.91 Å². The van der Waals surface area contributed by atoms with Crippen molar-refractivity contribution in [2.75, 3.05) is 7.11 Å². The Hall–Kier alpha value is -2.49. The van der Waals surface area contributed by atoms with Crippen molar-refractivity contribution in [2.24, 2.45) is 0 Å². The van der Waals surface area contributed by atoms with Crippen LogP contribution >= 0.6 is 0 Å². The number of carbonyl (C=O) groups excluding carboxylic acids is 1. The van der Waals surface area contributed by atoms with Crippen molar-refractivity contribution >= 4 is 27.6 Å². The van der Waals surface area contributed by atoms with Crippen molar-refractivity contribution in [3.8, 4) is 5.75 Å². The summed E-state index contributed by atoms with van der Waals surface area (Å²) in [6.07, 6.45) is 0. The van der Waals surface area contributed by atoms with Crippen molar-refractivity contribution in [3.63, 3.8) is 0 Å². The van der Waals surface area contributed by atoms with Crippen LogP contribution in [0.1, 0.15) is 12.7 Å². The molecule has 4 nitrogen and oxygen atoms in total. The molecule has 3 rings (SSSR count). The van der Waals surface area contributed by atoms with Crippen LogP contribution in [0.4, 0.5) is 0 Å². The zero-order chi connectivity index (χ0) is 14.1. The fourth-order valence-electron chi connectivity index (χ4n) is 2.30. The van der Waals surface area contributed by atoms with Gasteiger partial charge in [-0.1, -0.05) is 12.1 Å². The Morgan fingerprint density at radius 2 is 2.00 bits per heavy atom. The summed E-state index contributed by atoms with van der Waals surface area (Å²) < 4.78 is 11.0. The normalized spacial score (nSPS) is 10.9. The van der Waals surface area contributed by atoms with Gasteiger partial charge in [0.25, 0.3) is 0 Å². The Balaban J connectivity index is 2.12. The molecule has 0 unspecified atom stereocenters. The predicted octanol–water partition coefficient (Wildman–Crippen LogP) is 3.23. The number of furan rings is 1. The number of methoxy groups -OCH3 is 1. The smallest absolute Gasteiger partial charge is 0.217 e. The molecule has 0 aliphatic heterocycles. The van der Waals surface area contributed by atoms with Crippen LogP contribution in [0.5, 0.6) is 5.75 Å². The second-order valence-corrected chi connectivity index (χ2v) is 4.69. The van der Waals surface area contributed by atoms with Crippen molar-refractivity contribution in [3.05, 3.63) is 42.2 Å². The lowest BCUT2D eigenvalue weighted by Gasteiger charge is -2.02. The lowest BCUT2D eigenvalue weighted by atomic mass is 10.1. The molecule has 1 aromatic heterocycles. The van der Waals surface area contributed by atoms with Gasteiger partial charge in [-0.2, -0.15) is 0 Å². The predicted molar refractivity (Wildman–Crippen MR) is 77.8 cm³/mol. The molecule has 4 heteroatoms. The van der Waals surface area contributed by atoms with Crippen LogP contribution in [0, 0.1) is 0 Å². The molecule has 102 valence electrons. The van der Waals surface area contributed by atoms with E-state index < -0.39 is 0 Å². The molecular formula is C16H15NO3. The number of amides is 1. The zero-order valence-electron chi connectivity index (χ0n) is 11.4. The maximum atomic E-state index is 11.0. The molecule has 1 heterocycles. The van der Waals surface area contributed by atoms with Gasteiger partial charge in [0.05, 0.1) is 13.7 Å².